The summed E-state index contributed by atoms with van der Waals surface area (Å²) >= 11 is 0. The minimum Gasteiger partial charge on any atom is -0.353 e. The van der Waals surface area contributed by atoms with Crippen LogP contribution in [0.2, 0.25) is 0 Å². The van der Waals surface area contributed by atoms with E-state index in [0.717, 1.165) is 41.9 Å². The van der Waals surface area contributed by atoms with Gasteiger partial charge in [-0.1, -0.05) is 24.3 Å². The number of rotatable bonds is 7. The number of carbonyl (C=O) groups excluding carboxylic acids is 1. The Kier molecular flexibility index (Phi) is 7.58. The molecule has 1 aromatic heterocycles. The molecule has 1 aliphatic carbocycles. The van der Waals surface area contributed by atoms with Crippen molar-refractivity contribution in [2.24, 2.45) is 0 Å². The van der Waals surface area contributed by atoms with E-state index in [-0.39, 0.29) is 24.9 Å². The molecule has 2 atom stereocenters. The summed E-state index contributed by atoms with van der Waals surface area (Å²) in [4.78, 5) is 12.8. The van der Waals surface area contributed by atoms with E-state index in [4.69, 9.17) is 0 Å². The molecular weight excluding hydrogens is 529 g/mol. The quantitative estimate of drug-likeness (QED) is 0.457. The number of carbonyl (C=O) groups is 1. The first-order valence-corrected chi connectivity index (χ1v) is 14.4. The molecule has 2 unspecified atom stereocenters. The van der Waals surface area contributed by atoms with Crippen LogP contribution in [0.3, 0.4) is 0 Å². The fourth-order valence-electron chi connectivity index (χ4n) is 5.61. The summed E-state index contributed by atoms with van der Waals surface area (Å²) in [5.74, 6) is -0.292. The lowest BCUT2D eigenvalue weighted by Crippen LogP contribution is -2.45. The first-order chi connectivity index (χ1) is 18.6. The summed E-state index contributed by atoms with van der Waals surface area (Å²) in [6.07, 6.45) is -0.695. The number of hydrogen-bond donors (Lipinski definition) is 2. The molecule has 0 radical (unpaired) electrons. The average Bonchev–Trinajstić information content (AvgIpc) is 3.38. The molecule has 0 saturated heterocycles. The van der Waals surface area contributed by atoms with Crippen molar-refractivity contribution in [1.82, 2.24) is 19.5 Å². The summed E-state index contributed by atoms with van der Waals surface area (Å²) < 4.78 is 70.2. The zero-order valence-electron chi connectivity index (χ0n) is 21.5. The number of nitrogens with zero attached hydrogens (tertiary/aromatic N) is 2. The Bertz CT molecular complexity index is 1470. The molecule has 208 valence electrons. The molecule has 3 aromatic rings. The van der Waals surface area contributed by atoms with Crippen LogP contribution in [-0.2, 0) is 46.9 Å². The second-order valence-corrected chi connectivity index (χ2v) is 12.0. The predicted molar refractivity (Wildman–Crippen MR) is 140 cm³/mol. The van der Waals surface area contributed by atoms with Crippen LogP contribution in [0.25, 0.3) is 0 Å². The maximum absolute atomic E-state index is 13.6. The number of amides is 1. The van der Waals surface area contributed by atoms with E-state index in [1.807, 2.05) is 17.8 Å². The highest BCUT2D eigenvalue weighted by atomic mass is 32.2. The van der Waals surface area contributed by atoms with E-state index in [9.17, 15) is 26.4 Å². The maximum Gasteiger partial charge on any atom is 0.416 e. The van der Waals surface area contributed by atoms with Crippen molar-refractivity contribution in [1.29, 1.82) is 0 Å². The zero-order chi connectivity index (χ0) is 27.8. The van der Waals surface area contributed by atoms with Gasteiger partial charge in [0, 0.05) is 44.0 Å². The van der Waals surface area contributed by atoms with Gasteiger partial charge in [0.15, 0.2) is 0 Å². The number of benzene rings is 2. The Labute approximate surface area is 226 Å². The SMILES string of the molecule is CNCc1ccc2c(c1)CCC(NC(=O)CC1c3cccn3CCN1S(=O)(=O)c1cccc(C(F)(F)F)c1)C2. The maximum atomic E-state index is 13.6. The molecule has 1 aliphatic heterocycles. The van der Waals surface area contributed by atoms with Crippen LogP contribution in [0.1, 0.15) is 46.8 Å². The molecule has 2 aliphatic rings. The third kappa shape index (κ3) is 5.75. The lowest BCUT2D eigenvalue weighted by Gasteiger charge is -2.36. The predicted octanol–water partition coefficient (Wildman–Crippen LogP) is 4.04. The van der Waals surface area contributed by atoms with E-state index in [2.05, 4.69) is 28.8 Å². The first kappa shape index (κ1) is 27.4. The van der Waals surface area contributed by atoms with Gasteiger partial charge in [-0.2, -0.15) is 17.5 Å². The number of aromatic nitrogens is 1. The van der Waals surface area contributed by atoms with Gasteiger partial charge in [0.25, 0.3) is 0 Å². The van der Waals surface area contributed by atoms with Gasteiger partial charge in [0.05, 0.1) is 16.5 Å². The molecule has 11 heteroatoms. The molecule has 39 heavy (non-hydrogen) atoms. The Hall–Kier alpha value is -3.15. The lowest BCUT2D eigenvalue weighted by atomic mass is 9.87. The second-order valence-electron chi connectivity index (χ2n) is 10.1. The molecule has 2 heterocycles. The van der Waals surface area contributed by atoms with E-state index in [1.165, 1.54) is 16.7 Å². The van der Waals surface area contributed by atoms with Gasteiger partial charge in [-0.25, -0.2) is 8.42 Å². The van der Waals surface area contributed by atoms with Gasteiger partial charge in [0.1, 0.15) is 0 Å². The van der Waals surface area contributed by atoms with Crippen LogP contribution in [-0.4, -0.2) is 42.8 Å². The normalized spacial score (nSPS) is 19.8. The lowest BCUT2D eigenvalue weighted by molar-refractivity contribution is -0.137. The van der Waals surface area contributed by atoms with Crippen molar-refractivity contribution in [2.75, 3.05) is 13.6 Å². The third-order valence-corrected chi connectivity index (χ3v) is 9.41. The highest BCUT2D eigenvalue weighted by Gasteiger charge is 2.39. The van der Waals surface area contributed by atoms with Crippen molar-refractivity contribution < 1.29 is 26.4 Å². The van der Waals surface area contributed by atoms with Crippen LogP contribution in [0.5, 0.6) is 0 Å². The number of nitrogens with one attached hydrogen (secondary N) is 2. The molecule has 5 rings (SSSR count). The molecule has 1 amide bonds. The van der Waals surface area contributed by atoms with Crippen LogP contribution in [0.15, 0.2) is 65.7 Å². The minimum absolute atomic E-state index is 0.0456. The van der Waals surface area contributed by atoms with Gasteiger partial charge in [-0.3, -0.25) is 4.79 Å². The average molecular weight is 561 g/mol. The minimum atomic E-state index is -4.67. The summed E-state index contributed by atoms with van der Waals surface area (Å²) in [6.45, 7) is 1.17. The van der Waals surface area contributed by atoms with Crippen LogP contribution in [0, 0.1) is 0 Å². The Morgan fingerprint density at radius 2 is 1.87 bits per heavy atom. The summed E-state index contributed by atoms with van der Waals surface area (Å²) in [5, 5.41) is 6.23. The molecule has 2 aromatic carbocycles. The van der Waals surface area contributed by atoms with E-state index >= 15 is 0 Å². The van der Waals surface area contributed by atoms with Gasteiger partial charge in [-0.05, 0) is 73.3 Å². The Morgan fingerprint density at radius 1 is 1.05 bits per heavy atom. The second kappa shape index (κ2) is 10.8. The smallest absolute Gasteiger partial charge is 0.353 e. The molecule has 0 spiro atoms. The monoisotopic (exact) mass is 560 g/mol. The standard InChI is InChI=1S/C28H31F3N4O3S/c1-32-18-19-7-8-21-15-23(10-9-20(21)14-19)33-27(36)17-26-25-6-3-11-34(25)12-13-35(26)39(37,38)24-5-2-4-22(16-24)28(29,30)31/h2-8,11,14,16,23,26,32H,9-10,12-13,15,17-18H2,1H3,(H,33,36). The first-order valence-electron chi connectivity index (χ1n) is 12.9. The molecule has 2 N–H and O–H groups in total. The van der Waals surface area contributed by atoms with Crippen LogP contribution < -0.4 is 10.6 Å². The summed E-state index contributed by atoms with van der Waals surface area (Å²) in [7, 11) is -2.40. The number of hydrogen-bond acceptors (Lipinski definition) is 4. The number of halogens is 3. The number of aryl methyl sites for hydroxylation is 1. The molecular formula is C28H31F3N4O3S. The molecule has 0 saturated carbocycles. The molecule has 0 fully saturated rings. The van der Waals surface area contributed by atoms with Gasteiger partial charge in [-0.15, -0.1) is 0 Å². The highest BCUT2D eigenvalue weighted by molar-refractivity contribution is 7.89. The van der Waals surface area contributed by atoms with Crippen molar-refractivity contribution in [3.8, 4) is 0 Å². The fraction of sp³-hybridized carbons (Fsp3) is 0.393. The third-order valence-electron chi connectivity index (χ3n) is 7.51. The highest BCUT2D eigenvalue weighted by Crippen LogP contribution is 2.36. The van der Waals surface area contributed by atoms with Crippen LogP contribution >= 0.6 is 0 Å². The fourth-order valence-corrected chi connectivity index (χ4v) is 7.25. The van der Waals surface area contributed by atoms with E-state index in [1.54, 1.807) is 12.1 Å². The summed E-state index contributed by atoms with van der Waals surface area (Å²) in [6, 6.07) is 12.7. The van der Waals surface area contributed by atoms with E-state index in [0.29, 0.717) is 24.7 Å². The molecule has 7 nitrogen and oxygen atoms in total. The van der Waals surface area contributed by atoms with Crippen molar-refractivity contribution >= 4 is 15.9 Å². The molecule has 0 bridgehead atoms. The topological polar surface area (TPSA) is 83.4 Å². The number of alkyl halides is 3. The Balaban J connectivity index is 1.34. The zero-order valence-corrected chi connectivity index (χ0v) is 22.4. The summed E-state index contributed by atoms with van der Waals surface area (Å²) in [5.41, 5.74) is 3.27. The van der Waals surface area contributed by atoms with Crippen molar-refractivity contribution in [3.63, 3.8) is 0 Å². The number of fused-ring (bicyclic) bond motifs is 2. The van der Waals surface area contributed by atoms with Gasteiger partial charge < -0.3 is 15.2 Å². The van der Waals surface area contributed by atoms with Crippen molar-refractivity contribution in [2.45, 2.75) is 61.9 Å². The largest absolute Gasteiger partial charge is 0.416 e. The Morgan fingerprint density at radius 3 is 2.64 bits per heavy atom. The van der Waals surface area contributed by atoms with Gasteiger partial charge in [0.2, 0.25) is 15.9 Å². The van der Waals surface area contributed by atoms with Gasteiger partial charge >= 0.3 is 6.18 Å². The van der Waals surface area contributed by atoms with Crippen molar-refractivity contribution in [3.05, 3.63) is 88.7 Å². The van der Waals surface area contributed by atoms with Crippen LogP contribution in [0.4, 0.5) is 13.2 Å². The van der Waals surface area contributed by atoms with E-state index < -0.39 is 32.7 Å². The number of sulfonamides is 1.